The molecule has 1 saturated heterocycles. The quantitative estimate of drug-likeness (QED) is 0.507. The molecule has 3 heterocycles. The molecule has 2 unspecified atom stereocenters. The Labute approximate surface area is 212 Å². The highest BCUT2D eigenvalue weighted by atomic mass is 16.5. The zero-order valence-electron chi connectivity index (χ0n) is 21.3. The monoisotopic (exact) mass is 486 g/mol. The molecule has 1 aliphatic carbocycles. The minimum absolute atomic E-state index is 0.00692. The van der Waals surface area contributed by atoms with E-state index in [0.29, 0.717) is 5.69 Å². The lowest BCUT2D eigenvalue weighted by molar-refractivity contribution is -0.0814. The Balaban J connectivity index is 1.55. The number of anilines is 1. The number of rotatable bonds is 4. The third-order valence-electron chi connectivity index (χ3n) is 8.33. The number of carbonyl (C=O) groups excluding carboxylic acids is 1. The minimum Gasteiger partial charge on any atom is -0.384 e. The van der Waals surface area contributed by atoms with Crippen molar-refractivity contribution in [3.63, 3.8) is 0 Å². The number of aromatic nitrogens is 2. The van der Waals surface area contributed by atoms with Crippen molar-refractivity contribution in [1.29, 1.82) is 5.26 Å². The summed E-state index contributed by atoms with van der Waals surface area (Å²) in [6, 6.07) is 7.79. The number of hydrogen-bond donors (Lipinski definition) is 3. The van der Waals surface area contributed by atoms with Crippen molar-refractivity contribution < 1.29 is 14.6 Å². The lowest BCUT2D eigenvalue weighted by atomic mass is 9.69. The van der Waals surface area contributed by atoms with Crippen LogP contribution >= 0.6 is 0 Å². The van der Waals surface area contributed by atoms with E-state index < -0.39 is 11.5 Å². The van der Waals surface area contributed by atoms with Gasteiger partial charge in [0, 0.05) is 23.4 Å². The largest absolute Gasteiger partial charge is 0.384 e. The molecule has 7 heteroatoms. The molecule has 0 spiro atoms. The molecular formula is C29H34N4O3. The average molecular weight is 487 g/mol. The summed E-state index contributed by atoms with van der Waals surface area (Å²) in [7, 11) is 0. The number of aromatic amines is 1. The van der Waals surface area contributed by atoms with Gasteiger partial charge in [0.05, 0.1) is 17.8 Å². The summed E-state index contributed by atoms with van der Waals surface area (Å²) in [4.78, 5) is 19.8. The molecule has 3 N–H and O–H groups in total. The molecule has 1 aromatic heterocycles. The summed E-state index contributed by atoms with van der Waals surface area (Å²) >= 11 is 0. The van der Waals surface area contributed by atoms with Crippen LogP contribution in [-0.4, -0.2) is 33.2 Å². The molecule has 0 saturated carbocycles. The van der Waals surface area contributed by atoms with Gasteiger partial charge in [-0.3, -0.25) is 4.79 Å². The molecule has 2 bridgehead atoms. The first-order chi connectivity index (χ1) is 17.1. The van der Waals surface area contributed by atoms with Gasteiger partial charge in [-0.15, -0.1) is 0 Å². The summed E-state index contributed by atoms with van der Waals surface area (Å²) in [5, 5.41) is 24.2. The van der Waals surface area contributed by atoms with Crippen molar-refractivity contribution in [2.75, 3.05) is 5.32 Å². The molecule has 1 amide bonds. The number of aliphatic hydroxyl groups is 1. The van der Waals surface area contributed by atoms with E-state index in [2.05, 4.69) is 67.3 Å². The Morgan fingerprint density at radius 1 is 1.31 bits per heavy atom. The second kappa shape index (κ2) is 9.02. The van der Waals surface area contributed by atoms with E-state index in [1.54, 1.807) is 0 Å². The predicted octanol–water partition coefficient (Wildman–Crippen LogP) is 5.31. The Morgan fingerprint density at radius 2 is 2.11 bits per heavy atom. The lowest BCUT2D eigenvalue weighted by Gasteiger charge is -2.40. The van der Waals surface area contributed by atoms with Gasteiger partial charge in [0.2, 0.25) is 0 Å². The Kier molecular flexibility index (Phi) is 6.14. The molecular weight excluding hydrogens is 452 g/mol. The van der Waals surface area contributed by atoms with Crippen molar-refractivity contribution in [2.24, 2.45) is 17.3 Å². The smallest absolute Gasteiger partial charge is 0.291 e. The fourth-order valence-electron chi connectivity index (χ4n) is 5.89. The zero-order valence-corrected chi connectivity index (χ0v) is 21.3. The number of H-pyrrole nitrogens is 1. The van der Waals surface area contributed by atoms with Gasteiger partial charge in [-0.2, -0.15) is 5.26 Å². The number of amides is 1. The first-order valence-electron chi connectivity index (χ1n) is 12.8. The molecule has 3 aliphatic rings. The van der Waals surface area contributed by atoms with E-state index in [0.717, 1.165) is 36.8 Å². The normalized spacial score (nSPS) is 30.8. The Bertz CT molecular complexity index is 1280. The van der Waals surface area contributed by atoms with Crippen LogP contribution in [0, 0.1) is 28.6 Å². The van der Waals surface area contributed by atoms with Crippen molar-refractivity contribution in [3.8, 4) is 6.07 Å². The van der Waals surface area contributed by atoms with Gasteiger partial charge in [0.15, 0.2) is 11.5 Å². The molecule has 5 atom stereocenters. The number of benzene rings is 1. The van der Waals surface area contributed by atoms with Gasteiger partial charge in [0.1, 0.15) is 6.07 Å². The van der Waals surface area contributed by atoms with E-state index in [-0.39, 0.29) is 41.0 Å². The highest BCUT2D eigenvalue weighted by molar-refractivity contribution is 6.03. The summed E-state index contributed by atoms with van der Waals surface area (Å²) < 4.78 is 6.16. The van der Waals surface area contributed by atoms with Crippen molar-refractivity contribution in [2.45, 2.75) is 71.2 Å². The Hall–Kier alpha value is -3.21. The molecule has 36 heavy (non-hydrogen) atoms. The SMILES string of the molecule is C[C@@H]1C2C=CC(C[C@H](C)[C@@]1(O)c1ccc(NC(=O)c3nc(C#N)c[nH]3)c(C3=CCC(C)(C)CC3)c1)O2. The first-order valence-corrected chi connectivity index (χ1v) is 12.8. The first kappa shape index (κ1) is 24.5. The number of allylic oxidation sites excluding steroid dienone is 2. The molecule has 2 aliphatic heterocycles. The van der Waals surface area contributed by atoms with E-state index in [1.165, 1.54) is 11.8 Å². The van der Waals surface area contributed by atoms with E-state index >= 15 is 0 Å². The number of imidazole rings is 1. The second-order valence-corrected chi connectivity index (χ2v) is 11.3. The van der Waals surface area contributed by atoms with Crippen LogP contribution in [0.15, 0.2) is 42.6 Å². The number of ether oxygens (including phenoxy) is 1. The van der Waals surface area contributed by atoms with Crippen LogP contribution in [0.5, 0.6) is 0 Å². The van der Waals surface area contributed by atoms with Gasteiger partial charge in [-0.1, -0.05) is 52.0 Å². The zero-order chi connectivity index (χ0) is 25.7. The van der Waals surface area contributed by atoms with Crippen LogP contribution in [0.25, 0.3) is 5.57 Å². The van der Waals surface area contributed by atoms with Crippen LogP contribution < -0.4 is 5.32 Å². The molecule has 188 valence electrons. The van der Waals surface area contributed by atoms with Crippen LogP contribution in [0.1, 0.15) is 80.8 Å². The van der Waals surface area contributed by atoms with Crippen molar-refractivity contribution in [3.05, 3.63) is 65.3 Å². The van der Waals surface area contributed by atoms with Gasteiger partial charge in [-0.25, -0.2) is 4.98 Å². The average Bonchev–Trinajstić information content (AvgIpc) is 3.51. The summed E-state index contributed by atoms with van der Waals surface area (Å²) in [5.41, 5.74) is 2.92. The molecule has 1 fully saturated rings. The van der Waals surface area contributed by atoms with E-state index in [9.17, 15) is 9.90 Å². The number of hydrogen-bond acceptors (Lipinski definition) is 5. The molecule has 1 aromatic carbocycles. The fraction of sp³-hybridized carbons (Fsp3) is 0.483. The molecule has 5 rings (SSSR count). The van der Waals surface area contributed by atoms with Gasteiger partial charge < -0.3 is 20.1 Å². The number of nitriles is 1. The van der Waals surface area contributed by atoms with E-state index in [4.69, 9.17) is 10.00 Å². The molecule has 0 radical (unpaired) electrons. The molecule has 7 nitrogen and oxygen atoms in total. The number of carbonyl (C=O) groups is 1. The van der Waals surface area contributed by atoms with Gasteiger partial charge in [-0.05, 0) is 60.3 Å². The maximum absolute atomic E-state index is 13.0. The number of nitrogens with one attached hydrogen (secondary N) is 2. The lowest BCUT2D eigenvalue weighted by Crippen LogP contribution is -2.43. The summed E-state index contributed by atoms with van der Waals surface area (Å²) in [6.07, 6.45) is 11.4. The number of nitrogens with zero attached hydrogens (tertiary/aromatic N) is 2. The second-order valence-electron chi connectivity index (χ2n) is 11.3. The maximum atomic E-state index is 13.0. The van der Waals surface area contributed by atoms with Crippen molar-refractivity contribution in [1.82, 2.24) is 9.97 Å². The highest BCUT2D eigenvalue weighted by Crippen LogP contribution is 2.48. The molecule has 2 aromatic rings. The van der Waals surface area contributed by atoms with Crippen LogP contribution in [-0.2, 0) is 10.3 Å². The fourth-order valence-corrected chi connectivity index (χ4v) is 5.89. The standard InChI is InChI=1S/C29H34N4O3/c1-17-13-22-6-8-25(36-22)18(2)29(17,35)20-5-7-24(33-27(34)26-31-16-21(15-30)32-26)23(14-20)19-9-11-28(3,4)12-10-19/h5-9,14,16-18,22,25,35H,10-13H2,1-4H3,(H,31,32)(H,33,34)/t17-,18+,22?,25?,29-/m0/s1. The highest BCUT2D eigenvalue weighted by Gasteiger charge is 2.49. The number of fused-ring (bicyclic) bond motifs is 2. The van der Waals surface area contributed by atoms with Gasteiger partial charge >= 0.3 is 0 Å². The Morgan fingerprint density at radius 3 is 2.81 bits per heavy atom. The minimum atomic E-state index is -1.07. The van der Waals surface area contributed by atoms with Crippen LogP contribution in [0.2, 0.25) is 0 Å². The van der Waals surface area contributed by atoms with Crippen LogP contribution in [0.3, 0.4) is 0 Å². The third kappa shape index (κ3) is 4.29. The van der Waals surface area contributed by atoms with Gasteiger partial charge in [0.25, 0.3) is 5.91 Å². The van der Waals surface area contributed by atoms with Crippen LogP contribution in [0.4, 0.5) is 5.69 Å². The maximum Gasteiger partial charge on any atom is 0.291 e. The predicted molar refractivity (Wildman–Crippen MR) is 138 cm³/mol. The summed E-state index contributed by atoms with van der Waals surface area (Å²) in [6.45, 7) is 8.68. The third-order valence-corrected chi connectivity index (χ3v) is 8.33. The van der Waals surface area contributed by atoms with Crippen molar-refractivity contribution >= 4 is 17.2 Å². The summed E-state index contributed by atoms with van der Waals surface area (Å²) in [5.74, 6) is -0.457. The van der Waals surface area contributed by atoms with E-state index in [1.807, 2.05) is 18.2 Å². The topological polar surface area (TPSA) is 111 Å².